The van der Waals surface area contributed by atoms with Gasteiger partial charge < -0.3 is 5.32 Å². The smallest absolute Gasteiger partial charge is 0.150 e. The van der Waals surface area contributed by atoms with E-state index in [1.807, 2.05) is 6.07 Å². The molecule has 0 aliphatic heterocycles. The zero-order valence-electron chi connectivity index (χ0n) is 8.95. The first kappa shape index (κ1) is 12.2. The number of hydrogen-bond acceptors (Lipinski definition) is 4. The summed E-state index contributed by atoms with van der Waals surface area (Å²) in [5.41, 5.74) is 0.426. The summed E-state index contributed by atoms with van der Waals surface area (Å²) in [7, 11) is 0. The lowest BCUT2D eigenvalue weighted by molar-refractivity contribution is 0.622. The Hall–Kier alpha value is -2.84. The standard InChI is InChI=1S/C12H7FN4/c1-8-10(6-16)2-3-11(12(8)13)17-7-9(4-14)5-15/h2-3,7,17H,1H3. The molecule has 1 rings (SSSR count). The minimum absolute atomic E-state index is 0.115. The Morgan fingerprint density at radius 1 is 1.29 bits per heavy atom. The fraction of sp³-hybridized carbons (Fsp3) is 0.0833. The summed E-state index contributed by atoms with van der Waals surface area (Å²) >= 11 is 0. The number of benzene rings is 1. The first-order valence-corrected chi connectivity index (χ1v) is 4.60. The van der Waals surface area contributed by atoms with Gasteiger partial charge in [-0.1, -0.05) is 0 Å². The van der Waals surface area contributed by atoms with E-state index in [0.717, 1.165) is 6.20 Å². The molecule has 0 heterocycles. The van der Waals surface area contributed by atoms with Crippen LogP contribution in [-0.2, 0) is 0 Å². The predicted octanol–water partition coefficient (Wildman–Crippen LogP) is 2.35. The Bertz CT molecular complexity index is 581. The lowest BCUT2D eigenvalue weighted by Gasteiger charge is -2.06. The summed E-state index contributed by atoms with van der Waals surface area (Å²) in [5.74, 6) is -0.574. The molecule has 0 aliphatic rings. The van der Waals surface area contributed by atoms with E-state index in [2.05, 4.69) is 5.32 Å². The van der Waals surface area contributed by atoms with Crippen molar-refractivity contribution >= 4 is 5.69 Å². The molecule has 0 unspecified atom stereocenters. The molecule has 0 saturated heterocycles. The van der Waals surface area contributed by atoms with Gasteiger partial charge in [0.05, 0.1) is 17.3 Å². The summed E-state index contributed by atoms with van der Waals surface area (Å²) < 4.78 is 13.7. The highest BCUT2D eigenvalue weighted by Gasteiger charge is 2.08. The van der Waals surface area contributed by atoms with Gasteiger partial charge in [-0.15, -0.1) is 0 Å². The fourth-order valence-electron chi connectivity index (χ4n) is 1.16. The minimum atomic E-state index is -0.574. The molecule has 82 valence electrons. The Balaban J connectivity index is 3.09. The second-order valence-corrected chi connectivity index (χ2v) is 3.14. The predicted molar refractivity (Wildman–Crippen MR) is 58.8 cm³/mol. The van der Waals surface area contributed by atoms with Gasteiger partial charge in [0, 0.05) is 11.8 Å². The SMILES string of the molecule is Cc1c(C#N)ccc(NC=C(C#N)C#N)c1F. The average Bonchev–Trinajstić information content (AvgIpc) is 2.35. The van der Waals surface area contributed by atoms with Crippen molar-refractivity contribution in [1.82, 2.24) is 0 Å². The molecule has 17 heavy (non-hydrogen) atoms. The van der Waals surface area contributed by atoms with E-state index in [0.29, 0.717) is 0 Å². The summed E-state index contributed by atoms with van der Waals surface area (Å²) in [4.78, 5) is 0. The van der Waals surface area contributed by atoms with Crippen molar-refractivity contribution in [2.24, 2.45) is 0 Å². The second-order valence-electron chi connectivity index (χ2n) is 3.14. The highest BCUT2D eigenvalue weighted by molar-refractivity contribution is 5.56. The normalized spacial score (nSPS) is 8.41. The first-order valence-electron chi connectivity index (χ1n) is 4.60. The third-order valence-electron chi connectivity index (χ3n) is 2.12. The zero-order chi connectivity index (χ0) is 12.8. The lowest BCUT2D eigenvalue weighted by Crippen LogP contribution is -1.97. The van der Waals surface area contributed by atoms with Crippen molar-refractivity contribution in [3.63, 3.8) is 0 Å². The van der Waals surface area contributed by atoms with Crippen LogP contribution in [0.25, 0.3) is 0 Å². The second kappa shape index (κ2) is 5.30. The van der Waals surface area contributed by atoms with Gasteiger partial charge in [-0.05, 0) is 19.1 Å². The van der Waals surface area contributed by atoms with Gasteiger partial charge in [-0.2, -0.15) is 15.8 Å². The molecule has 1 aromatic carbocycles. The van der Waals surface area contributed by atoms with Crippen LogP contribution in [-0.4, -0.2) is 0 Å². The molecule has 0 aromatic heterocycles. The molecular weight excluding hydrogens is 219 g/mol. The number of allylic oxidation sites excluding steroid dienone is 1. The van der Waals surface area contributed by atoms with Gasteiger partial charge in [-0.25, -0.2) is 4.39 Å². The quantitative estimate of drug-likeness (QED) is 0.784. The number of rotatable bonds is 2. The van der Waals surface area contributed by atoms with Crippen molar-refractivity contribution in [2.45, 2.75) is 6.92 Å². The van der Waals surface area contributed by atoms with E-state index in [9.17, 15) is 4.39 Å². The van der Waals surface area contributed by atoms with Gasteiger partial charge in [0.2, 0.25) is 0 Å². The van der Waals surface area contributed by atoms with Crippen LogP contribution < -0.4 is 5.32 Å². The lowest BCUT2D eigenvalue weighted by atomic mass is 10.1. The zero-order valence-corrected chi connectivity index (χ0v) is 8.95. The highest BCUT2D eigenvalue weighted by Crippen LogP contribution is 2.20. The number of nitrogens with one attached hydrogen (secondary N) is 1. The number of nitrogens with zero attached hydrogens (tertiary/aromatic N) is 3. The maximum Gasteiger partial charge on any atom is 0.150 e. The van der Waals surface area contributed by atoms with E-state index in [1.54, 1.807) is 12.1 Å². The topological polar surface area (TPSA) is 83.4 Å². The minimum Gasteiger partial charge on any atom is -0.357 e. The van der Waals surface area contributed by atoms with Gasteiger partial charge in [0.25, 0.3) is 0 Å². The van der Waals surface area contributed by atoms with Gasteiger partial charge in [0.1, 0.15) is 17.7 Å². The van der Waals surface area contributed by atoms with Crippen molar-refractivity contribution in [2.75, 3.05) is 5.32 Å². The van der Waals surface area contributed by atoms with Crippen LogP contribution in [0.1, 0.15) is 11.1 Å². The number of nitriles is 3. The van der Waals surface area contributed by atoms with Gasteiger partial charge in [0.15, 0.2) is 5.82 Å². The Morgan fingerprint density at radius 3 is 2.47 bits per heavy atom. The molecule has 0 amide bonds. The summed E-state index contributed by atoms with van der Waals surface area (Å²) in [6.07, 6.45) is 1.11. The Kier molecular flexibility index (Phi) is 3.81. The monoisotopic (exact) mass is 226 g/mol. The highest BCUT2D eigenvalue weighted by atomic mass is 19.1. The van der Waals surface area contributed by atoms with Crippen molar-refractivity contribution in [3.05, 3.63) is 40.8 Å². The van der Waals surface area contributed by atoms with Crippen LogP contribution in [0.4, 0.5) is 10.1 Å². The number of hydrogen-bond donors (Lipinski definition) is 1. The molecular formula is C12H7FN4. The third kappa shape index (κ3) is 2.59. The van der Waals surface area contributed by atoms with Crippen LogP contribution >= 0.6 is 0 Å². The van der Waals surface area contributed by atoms with Crippen LogP contribution in [0.15, 0.2) is 23.9 Å². The fourth-order valence-corrected chi connectivity index (χ4v) is 1.16. The molecule has 0 aliphatic carbocycles. The molecule has 1 N–H and O–H groups in total. The maximum atomic E-state index is 13.7. The molecule has 0 bridgehead atoms. The van der Waals surface area contributed by atoms with E-state index in [4.69, 9.17) is 15.8 Å². The molecule has 0 spiro atoms. The van der Waals surface area contributed by atoms with E-state index in [-0.39, 0.29) is 22.4 Å². The molecule has 1 aromatic rings. The van der Waals surface area contributed by atoms with Crippen molar-refractivity contribution in [1.29, 1.82) is 15.8 Å². The summed E-state index contributed by atoms with van der Waals surface area (Å²) in [5, 5.41) is 28.2. The average molecular weight is 226 g/mol. The molecule has 0 saturated carbocycles. The molecule has 5 heteroatoms. The summed E-state index contributed by atoms with van der Waals surface area (Å²) in [6, 6.07) is 7.99. The molecule has 0 radical (unpaired) electrons. The maximum absolute atomic E-state index is 13.7. The third-order valence-corrected chi connectivity index (χ3v) is 2.12. The van der Waals surface area contributed by atoms with Crippen LogP contribution in [0.5, 0.6) is 0 Å². The van der Waals surface area contributed by atoms with E-state index >= 15 is 0 Å². The van der Waals surface area contributed by atoms with E-state index < -0.39 is 5.82 Å². The Labute approximate surface area is 97.8 Å². The summed E-state index contributed by atoms with van der Waals surface area (Å²) in [6.45, 7) is 1.48. The van der Waals surface area contributed by atoms with Crippen LogP contribution in [0.3, 0.4) is 0 Å². The van der Waals surface area contributed by atoms with Gasteiger partial charge in [-0.3, -0.25) is 0 Å². The van der Waals surface area contributed by atoms with Gasteiger partial charge >= 0.3 is 0 Å². The largest absolute Gasteiger partial charge is 0.357 e. The first-order chi connectivity index (χ1) is 8.13. The van der Waals surface area contributed by atoms with E-state index in [1.165, 1.54) is 19.1 Å². The van der Waals surface area contributed by atoms with Crippen LogP contribution in [0.2, 0.25) is 0 Å². The van der Waals surface area contributed by atoms with Crippen LogP contribution in [0, 0.1) is 46.7 Å². The number of anilines is 1. The molecule has 0 atom stereocenters. The van der Waals surface area contributed by atoms with Crippen molar-refractivity contribution < 1.29 is 4.39 Å². The molecule has 4 nitrogen and oxygen atoms in total. The van der Waals surface area contributed by atoms with Crippen molar-refractivity contribution in [3.8, 4) is 18.2 Å². The Morgan fingerprint density at radius 2 is 1.94 bits per heavy atom. The number of halogens is 1. The molecule has 0 fully saturated rings.